The Hall–Kier alpha value is -2.62. The SMILES string of the molecule is O=C(CC1CC(c2ccccc2)C1)NCCc1ccc(C(=O)O)cc1. The minimum atomic E-state index is -0.922. The Bertz CT molecular complexity index is 719. The van der Waals surface area contributed by atoms with Crippen molar-refractivity contribution in [3.05, 3.63) is 71.3 Å². The van der Waals surface area contributed by atoms with Gasteiger partial charge in [0, 0.05) is 13.0 Å². The fraction of sp³-hybridized carbons (Fsp3) is 0.333. The highest BCUT2D eigenvalue weighted by Crippen LogP contribution is 2.43. The second kappa shape index (κ2) is 7.97. The largest absolute Gasteiger partial charge is 0.478 e. The lowest BCUT2D eigenvalue weighted by Crippen LogP contribution is -2.31. The first-order valence-electron chi connectivity index (χ1n) is 8.75. The molecular weight excluding hydrogens is 314 g/mol. The highest BCUT2D eigenvalue weighted by atomic mass is 16.4. The Kier molecular flexibility index (Phi) is 5.49. The van der Waals surface area contributed by atoms with Gasteiger partial charge in [-0.2, -0.15) is 0 Å². The third-order valence-corrected chi connectivity index (χ3v) is 4.92. The van der Waals surface area contributed by atoms with Crippen LogP contribution in [0.15, 0.2) is 54.6 Å². The highest BCUT2D eigenvalue weighted by molar-refractivity contribution is 5.87. The molecule has 2 N–H and O–H groups in total. The number of hydrogen-bond acceptors (Lipinski definition) is 2. The third kappa shape index (κ3) is 4.69. The Morgan fingerprint density at radius 1 is 1.00 bits per heavy atom. The summed E-state index contributed by atoms with van der Waals surface area (Å²) < 4.78 is 0. The van der Waals surface area contributed by atoms with Crippen LogP contribution in [0.5, 0.6) is 0 Å². The van der Waals surface area contributed by atoms with Crippen LogP contribution in [0.2, 0.25) is 0 Å². The van der Waals surface area contributed by atoms with E-state index in [-0.39, 0.29) is 11.5 Å². The summed E-state index contributed by atoms with van der Waals surface area (Å²) in [6.07, 6.45) is 3.49. The van der Waals surface area contributed by atoms with Crippen LogP contribution in [0.4, 0.5) is 0 Å². The van der Waals surface area contributed by atoms with Gasteiger partial charge in [-0.25, -0.2) is 4.79 Å². The summed E-state index contributed by atoms with van der Waals surface area (Å²) in [6.45, 7) is 0.583. The van der Waals surface area contributed by atoms with E-state index < -0.39 is 5.97 Å². The van der Waals surface area contributed by atoms with E-state index in [0.717, 1.165) is 18.4 Å². The topological polar surface area (TPSA) is 66.4 Å². The van der Waals surface area contributed by atoms with Crippen LogP contribution in [0.1, 0.15) is 46.7 Å². The molecule has 0 aromatic heterocycles. The molecule has 1 aliphatic rings. The van der Waals surface area contributed by atoms with Crippen molar-refractivity contribution in [2.45, 2.75) is 31.6 Å². The normalized spacial score (nSPS) is 19.0. The van der Waals surface area contributed by atoms with Gasteiger partial charge in [0.25, 0.3) is 0 Å². The van der Waals surface area contributed by atoms with E-state index in [2.05, 4.69) is 29.6 Å². The molecule has 0 spiro atoms. The Morgan fingerprint density at radius 2 is 1.68 bits per heavy atom. The first-order valence-corrected chi connectivity index (χ1v) is 8.75. The van der Waals surface area contributed by atoms with Crippen LogP contribution >= 0.6 is 0 Å². The van der Waals surface area contributed by atoms with Crippen molar-refractivity contribution in [3.63, 3.8) is 0 Å². The van der Waals surface area contributed by atoms with Gasteiger partial charge in [-0.1, -0.05) is 42.5 Å². The van der Waals surface area contributed by atoms with Crippen molar-refractivity contribution in [1.82, 2.24) is 5.32 Å². The number of carboxylic acid groups (broad SMARTS) is 1. The second-order valence-corrected chi connectivity index (χ2v) is 6.75. The summed E-state index contributed by atoms with van der Waals surface area (Å²) in [7, 11) is 0. The molecule has 4 heteroatoms. The standard InChI is InChI=1S/C21H23NO3/c23-20(14-16-12-19(13-16)17-4-2-1-3-5-17)22-11-10-15-6-8-18(9-7-15)21(24)25/h1-9,16,19H,10-14H2,(H,22,23)(H,24,25). The number of carboxylic acids is 1. The highest BCUT2D eigenvalue weighted by Gasteiger charge is 2.31. The number of carbonyl (C=O) groups is 2. The minimum absolute atomic E-state index is 0.110. The molecule has 25 heavy (non-hydrogen) atoms. The van der Waals surface area contributed by atoms with Crippen LogP contribution in [0.25, 0.3) is 0 Å². The first kappa shape index (κ1) is 17.2. The average Bonchev–Trinajstić information content (AvgIpc) is 2.59. The Labute approximate surface area is 147 Å². The summed E-state index contributed by atoms with van der Waals surface area (Å²) in [5, 5.41) is 11.8. The van der Waals surface area contributed by atoms with Gasteiger partial charge >= 0.3 is 5.97 Å². The van der Waals surface area contributed by atoms with E-state index in [4.69, 9.17) is 5.11 Å². The molecule has 1 saturated carbocycles. The monoisotopic (exact) mass is 337 g/mol. The molecule has 0 aliphatic heterocycles. The van der Waals surface area contributed by atoms with Crippen molar-refractivity contribution >= 4 is 11.9 Å². The predicted molar refractivity (Wildman–Crippen MR) is 96.6 cm³/mol. The van der Waals surface area contributed by atoms with Crippen molar-refractivity contribution in [2.24, 2.45) is 5.92 Å². The van der Waals surface area contributed by atoms with Crippen molar-refractivity contribution in [3.8, 4) is 0 Å². The minimum Gasteiger partial charge on any atom is -0.478 e. The van der Waals surface area contributed by atoms with Gasteiger partial charge in [-0.3, -0.25) is 4.79 Å². The Balaban J connectivity index is 1.34. The predicted octanol–water partition coefficient (Wildman–Crippen LogP) is 3.63. The molecule has 3 rings (SSSR count). The van der Waals surface area contributed by atoms with E-state index >= 15 is 0 Å². The zero-order chi connectivity index (χ0) is 17.6. The first-order chi connectivity index (χ1) is 12.1. The molecule has 4 nitrogen and oxygen atoms in total. The third-order valence-electron chi connectivity index (χ3n) is 4.92. The number of nitrogens with one attached hydrogen (secondary N) is 1. The summed E-state index contributed by atoms with van der Waals surface area (Å²) in [4.78, 5) is 22.8. The summed E-state index contributed by atoms with van der Waals surface area (Å²) >= 11 is 0. The van der Waals surface area contributed by atoms with Crippen molar-refractivity contribution < 1.29 is 14.7 Å². The van der Waals surface area contributed by atoms with Gasteiger partial charge in [0.2, 0.25) is 5.91 Å². The summed E-state index contributed by atoms with van der Waals surface area (Å²) in [5.74, 6) is 0.277. The maximum absolute atomic E-state index is 12.0. The zero-order valence-electron chi connectivity index (χ0n) is 14.2. The van der Waals surface area contributed by atoms with Crippen LogP contribution < -0.4 is 5.32 Å². The lowest BCUT2D eigenvalue weighted by Gasteiger charge is -2.35. The van der Waals surface area contributed by atoms with E-state index in [1.54, 1.807) is 24.3 Å². The molecule has 0 atom stereocenters. The van der Waals surface area contributed by atoms with Crippen LogP contribution in [-0.2, 0) is 11.2 Å². The number of aromatic carboxylic acids is 1. The molecule has 130 valence electrons. The second-order valence-electron chi connectivity index (χ2n) is 6.75. The Morgan fingerprint density at radius 3 is 2.32 bits per heavy atom. The molecule has 2 aromatic rings. The summed E-state index contributed by atoms with van der Waals surface area (Å²) in [6, 6.07) is 17.3. The molecule has 0 radical (unpaired) electrons. The lowest BCUT2D eigenvalue weighted by molar-refractivity contribution is -0.122. The molecule has 0 heterocycles. The molecule has 0 saturated heterocycles. The van der Waals surface area contributed by atoms with Gasteiger partial charge in [0.05, 0.1) is 5.56 Å². The molecule has 1 aliphatic carbocycles. The number of carbonyl (C=O) groups excluding carboxylic acids is 1. The molecule has 0 unspecified atom stereocenters. The smallest absolute Gasteiger partial charge is 0.335 e. The van der Waals surface area contributed by atoms with E-state index in [1.165, 1.54) is 5.56 Å². The van der Waals surface area contributed by atoms with Crippen LogP contribution in [0.3, 0.4) is 0 Å². The maximum atomic E-state index is 12.0. The molecule has 1 amide bonds. The number of rotatable bonds is 7. The van der Waals surface area contributed by atoms with Gasteiger partial charge < -0.3 is 10.4 Å². The van der Waals surface area contributed by atoms with E-state index in [0.29, 0.717) is 31.2 Å². The van der Waals surface area contributed by atoms with Gasteiger partial charge in [0.15, 0.2) is 0 Å². The van der Waals surface area contributed by atoms with E-state index in [1.807, 2.05) is 6.07 Å². The molecule has 0 bridgehead atoms. The fourth-order valence-electron chi connectivity index (χ4n) is 3.39. The average molecular weight is 337 g/mol. The van der Waals surface area contributed by atoms with Crippen molar-refractivity contribution in [1.29, 1.82) is 0 Å². The van der Waals surface area contributed by atoms with Crippen molar-refractivity contribution in [2.75, 3.05) is 6.54 Å². The van der Waals surface area contributed by atoms with Gasteiger partial charge in [-0.15, -0.1) is 0 Å². The zero-order valence-corrected chi connectivity index (χ0v) is 14.2. The van der Waals surface area contributed by atoms with Crippen LogP contribution in [-0.4, -0.2) is 23.5 Å². The molecule has 2 aromatic carbocycles. The number of hydrogen-bond donors (Lipinski definition) is 2. The lowest BCUT2D eigenvalue weighted by atomic mass is 9.70. The van der Waals surface area contributed by atoms with E-state index in [9.17, 15) is 9.59 Å². The quantitative estimate of drug-likeness (QED) is 0.811. The molecular formula is C21H23NO3. The summed E-state index contributed by atoms with van der Waals surface area (Å²) in [5.41, 5.74) is 2.69. The van der Waals surface area contributed by atoms with Gasteiger partial charge in [0.1, 0.15) is 0 Å². The van der Waals surface area contributed by atoms with Crippen LogP contribution in [0, 0.1) is 5.92 Å². The number of amides is 1. The molecule has 1 fully saturated rings. The maximum Gasteiger partial charge on any atom is 0.335 e. The number of benzene rings is 2. The fourth-order valence-corrected chi connectivity index (χ4v) is 3.39. The van der Waals surface area contributed by atoms with Gasteiger partial charge in [-0.05, 0) is 54.4 Å².